The molecule has 0 fully saturated rings. The first-order valence-electron chi connectivity index (χ1n) is 42.0. The molecule has 0 aliphatic rings. The first kappa shape index (κ1) is 98.1. The van der Waals surface area contributed by atoms with Crippen molar-refractivity contribution in [2.75, 3.05) is 39.6 Å². The van der Waals surface area contributed by atoms with Crippen molar-refractivity contribution in [2.45, 2.75) is 445 Å². The Morgan fingerprint density at radius 1 is 0.270 bits per heavy atom. The van der Waals surface area contributed by atoms with Gasteiger partial charge in [-0.1, -0.05) is 375 Å². The summed E-state index contributed by atoms with van der Waals surface area (Å²) >= 11 is 0. The van der Waals surface area contributed by atoms with Crippen LogP contribution in [0.2, 0.25) is 0 Å². The maximum Gasteiger partial charge on any atom is 0.472 e. The van der Waals surface area contributed by atoms with Gasteiger partial charge < -0.3 is 33.8 Å². The molecule has 0 radical (unpaired) electrons. The van der Waals surface area contributed by atoms with Crippen molar-refractivity contribution in [3.63, 3.8) is 0 Å². The lowest BCUT2D eigenvalue weighted by Gasteiger charge is -2.21. The number of hydrogen-bond acceptors (Lipinski definition) is 15. The van der Waals surface area contributed by atoms with E-state index in [0.717, 1.165) is 115 Å². The number of carbonyl (C=O) groups excluding carboxylic acids is 4. The molecule has 5 atom stereocenters. The third kappa shape index (κ3) is 74.3. The molecule has 0 heterocycles. The van der Waals surface area contributed by atoms with Gasteiger partial charge in [-0.2, -0.15) is 0 Å². The summed E-state index contributed by atoms with van der Waals surface area (Å²) in [5.74, 6) is -0.480. The summed E-state index contributed by atoms with van der Waals surface area (Å²) in [7, 11) is -9.91. The highest BCUT2D eigenvalue weighted by molar-refractivity contribution is 7.47. The van der Waals surface area contributed by atoms with E-state index in [4.69, 9.17) is 37.0 Å². The van der Waals surface area contributed by atoms with E-state index in [2.05, 4.69) is 41.5 Å². The normalized spacial score (nSPS) is 13.9. The molecule has 0 aliphatic heterocycles. The maximum atomic E-state index is 13.1. The Bertz CT molecular complexity index is 1920. The van der Waals surface area contributed by atoms with Gasteiger partial charge in [-0.05, 0) is 37.5 Å². The second kappa shape index (κ2) is 72.6. The van der Waals surface area contributed by atoms with Crippen LogP contribution in [-0.4, -0.2) is 96.7 Å². The Morgan fingerprint density at radius 3 is 0.680 bits per heavy atom. The van der Waals surface area contributed by atoms with Gasteiger partial charge in [0, 0.05) is 25.7 Å². The standard InChI is InChI=1S/C81H158O17P2/c1-7-9-11-13-15-16-17-28-36-41-47-53-59-65-80(85)97-76(69-91-78(83)63-57-51-43-14-12-10-8-2)71-95-99(87,88)93-67-75(82)68-94-100(89,90)96-72-77(70-92-79(84)64-58-52-46-40-35-31-26-23-22-25-30-34-39-45-50-56-62-74(5)6)98-81(86)66-60-54-48-42-37-32-27-21-19-18-20-24-29-33-38-44-49-55-61-73(3)4/h73-77,82H,7-72H2,1-6H3,(H,87,88)(H,89,90)/t75-,76+,77+/m0/s1. The van der Waals surface area contributed by atoms with Crippen molar-refractivity contribution in [3.8, 4) is 0 Å². The summed E-state index contributed by atoms with van der Waals surface area (Å²) in [6, 6.07) is 0. The van der Waals surface area contributed by atoms with Gasteiger partial charge in [-0.3, -0.25) is 37.3 Å². The van der Waals surface area contributed by atoms with Crippen LogP contribution >= 0.6 is 15.6 Å². The van der Waals surface area contributed by atoms with E-state index in [-0.39, 0.29) is 25.7 Å². The maximum absolute atomic E-state index is 13.1. The summed E-state index contributed by atoms with van der Waals surface area (Å²) in [6.45, 7) is 9.66. The van der Waals surface area contributed by atoms with E-state index in [0.29, 0.717) is 25.7 Å². The molecule has 594 valence electrons. The SMILES string of the molecule is CCCCCCCCCCCCCCCC(=O)O[C@H](COC(=O)CCCCCCCCC)COP(=O)(O)OC[C@H](O)COP(=O)(O)OC[C@@H](COC(=O)CCCCCCCCCCCCCCCCCCC(C)C)OC(=O)CCCCCCCCCCCCCCCCCCCCC(C)C. The third-order valence-corrected chi connectivity index (χ3v) is 20.9. The predicted molar refractivity (Wildman–Crippen MR) is 409 cm³/mol. The first-order valence-corrected chi connectivity index (χ1v) is 45.0. The number of hydrogen-bond donors (Lipinski definition) is 3. The lowest BCUT2D eigenvalue weighted by atomic mass is 10.0. The second-order valence-corrected chi connectivity index (χ2v) is 33.0. The molecule has 3 N–H and O–H groups in total. The van der Waals surface area contributed by atoms with Crippen LogP contribution in [0, 0.1) is 11.8 Å². The smallest absolute Gasteiger partial charge is 0.462 e. The molecule has 19 heteroatoms. The van der Waals surface area contributed by atoms with E-state index in [9.17, 15) is 43.2 Å². The summed E-state index contributed by atoms with van der Waals surface area (Å²) in [4.78, 5) is 72.8. The minimum absolute atomic E-state index is 0.107. The van der Waals surface area contributed by atoms with E-state index < -0.39 is 97.5 Å². The highest BCUT2D eigenvalue weighted by Crippen LogP contribution is 2.45. The second-order valence-electron chi connectivity index (χ2n) is 30.1. The lowest BCUT2D eigenvalue weighted by molar-refractivity contribution is -0.161. The Hall–Kier alpha value is -1.94. The van der Waals surface area contributed by atoms with Crippen LogP contribution in [0.5, 0.6) is 0 Å². The predicted octanol–water partition coefficient (Wildman–Crippen LogP) is 24.3. The molecule has 0 amide bonds. The van der Waals surface area contributed by atoms with Crippen LogP contribution in [0.1, 0.15) is 427 Å². The van der Waals surface area contributed by atoms with Gasteiger partial charge in [0.15, 0.2) is 12.2 Å². The molecule has 0 aromatic rings. The highest BCUT2D eigenvalue weighted by Gasteiger charge is 2.30. The van der Waals surface area contributed by atoms with Gasteiger partial charge in [0.2, 0.25) is 0 Å². The summed E-state index contributed by atoms with van der Waals surface area (Å²) in [6.07, 6.45) is 62.6. The van der Waals surface area contributed by atoms with E-state index in [1.54, 1.807) is 0 Å². The molecule has 2 unspecified atom stereocenters. The summed E-state index contributed by atoms with van der Waals surface area (Å²) in [5, 5.41) is 10.6. The average molecular weight is 1470 g/mol. The fraction of sp³-hybridized carbons (Fsp3) is 0.951. The molecule has 0 aromatic carbocycles. The van der Waals surface area contributed by atoms with Gasteiger partial charge in [0.1, 0.15) is 19.3 Å². The third-order valence-electron chi connectivity index (χ3n) is 19.0. The largest absolute Gasteiger partial charge is 0.472 e. The molecule has 17 nitrogen and oxygen atoms in total. The number of ether oxygens (including phenoxy) is 4. The van der Waals surface area contributed by atoms with Gasteiger partial charge in [-0.15, -0.1) is 0 Å². The number of aliphatic hydroxyl groups is 1. The van der Waals surface area contributed by atoms with E-state index in [1.165, 1.54) is 231 Å². The highest BCUT2D eigenvalue weighted by atomic mass is 31.2. The van der Waals surface area contributed by atoms with Crippen molar-refractivity contribution in [2.24, 2.45) is 11.8 Å². The zero-order chi connectivity index (χ0) is 73.5. The molecule has 0 bridgehead atoms. The molecular weight excluding hydrogens is 1310 g/mol. The molecular formula is C81H158O17P2. The van der Waals surface area contributed by atoms with Crippen LogP contribution in [0.3, 0.4) is 0 Å². The fourth-order valence-electron chi connectivity index (χ4n) is 12.5. The van der Waals surface area contributed by atoms with Crippen LogP contribution in [0.15, 0.2) is 0 Å². The molecule has 100 heavy (non-hydrogen) atoms. The quantitative estimate of drug-likeness (QED) is 0.0222. The average Bonchev–Trinajstić information content (AvgIpc) is 0.918. The Morgan fingerprint density at radius 2 is 0.460 bits per heavy atom. The zero-order valence-corrected chi connectivity index (χ0v) is 67.3. The monoisotopic (exact) mass is 1470 g/mol. The molecule has 0 spiro atoms. The molecule has 0 aromatic heterocycles. The number of phosphoric ester groups is 2. The van der Waals surface area contributed by atoms with Crippen LogP contribution in [0.25, 0.3) is 0 Å². The van der Waals surface area contributed by atoms with Crippen molar-refractivity contribution in [1.29, 1.82) is 0 Å². The zero-order valence-electron chi connectivity index (χ0n) is 65.5. The van der Waals surface area contributed by atoms with Gasteiger partial charge in [-0.25, -0.2) is 9.13 Å². The minimum atomic E-state index is -4.96. The van der Waals surface area contributed by atoms with E-state index in [1.807, 2.05) is 0 Å². The molecule has 0 rings (SSSR count). The van der Waals surface area contributed by atoms with Crippen molar-refractivity contribution >= 4 is 39.5 Å². The van der Waals surface area contributed by atoms with Crippen molar-refractivity contribution in [1.82, 2.24) is 0 Å². The Kier molecular flexibility index (Phi) is 71.2. The number of aliphatic hydroxyl groups excluding tert-OH is 1. The first-order chi connectivity index (χ1) is 48.4. The van der Waals surface area contributed by atoms with Crippen molar-refractivity contribution < 1.29 is 80.2 Å². The van der Waals surface area contributed by atoms with Crippen LogP contribution in [0.4, 0.5) is 0 Å². The molecule has 0 saturated heterocycles. The van der Waals surface area contributed by atoms with E-state index >= 15 is 0 Å². The number of rotatable bonds is 80. The lowest BCUT2D eigenvalue weighted by Crippen LogP contribution is -2.30. The number of carbonyl (C=O) groups is 4. The summed E-state index contributed by atoms with van der Waals surface area (Å²) < 4.78 is 68.6. The molecule has 0 saturated carbocycles. The van der Waals surface area contributed by atoms with Crippen molar-refractivity contribution in [3.05, 3.63) is 0 Å². The number of esters is 4. The van der Waals surface area contributed by atoms with Gasteiger partial charge in [0.25, 0.3) is 0 Å². The summed E-state index contributed by atoms with van der Waals surface area (Å²) in [5.41, 5.74) is 0. The van der Waals surface area contributed by atoms with Crippen LogP contribution in [-0.2, 0) is 65.4 Å². The van der Waals surface area contributed by atoms with Gasteiger partial charge >= 0.3 is 39.5 Å². The number of phosphoric acid groups is 2. The minimum Gasteiger partial charge on any atom is -0.462 e. The number of unbranched alkanes of at least 4 members (excludes halogenated alkanes) is 50. The topological polar surface area (TPSA) is 237 Å². The Balaban J connectivity index is 5.16. The molecule has 0 aliphatic carbocycles. The van der Waals surface area contributed by atoms with Crippen LogP contribution < -0.4 is 0 Å². The fourth-order valence-corrected chi connectivity index (χ4v) is 14.1. The van der Waals surface area contributed by atoms with Gasteiger partial charge in [0.05, 0.1) is 26.4 Å². The Labute approximate surface area is 613 Å².